The van der Waals surface area contributed by atoms with Gasteiger partial charge in [0.1, 0.15) is 6.04 Å². The Morgan fingerprint density at radius 3 is 2.48 bits per heavy atom. The first-order valence-corrected chi connectivity index (χ1v) is 8.45. The summed E-state index contributed by atoms with van der Waals surface area (Å²) in [5, 5.41) is 8.19. The van der Waals surface area contributed by atoms with Crippen LogP contribution in [-0.2, 0) is 16.1 Å². The van der Waals surface area contributed by atoms with E-state index in [1.54, 1.807) is 0 Å². The first kappa shape index (κ1) is 18.1. The Bertz CT molecular complexity index is 864. The molecular formula is C19H20N6O2. The Hall–Kier alpha value is -3.68. The Morgan fingerprint density at radius 1 is 1.11 bits per heavy atom. The van der Waals surface area contributed by atoms with Crippen molar-refractivity contribution in [3.8, 4) is 0 Å². The van der Waals surface area contributed by atoms with Gasteiger partial charge in [-0.2, -0.15) is 4.99 Å². The van der Waals surface area contributed by atoms with Crippen LogP contribution < -0.4 is 21.7 Å². The SMILES string of the molecule is N/C(=N\C1=NC(CC(=O)NCc2ccccc2)C(=O)N1)Nc1ccccc1. The van der Waals surface area contributed by atoms with Crippen molar-refractivity contribution in [3.05, 3.63) is 66.2 Å². The summed E-state index contributed by atoms with van der Waals surface area (Å²) in [4.78, 5) is 32.2. The molecule has 138 valence electrons. The fourth-order valence-electron chi connectivity index (χ4n) is 2.48. The number of benzene rings is 2. The number of hydrogen-bond acceptors (Lipinski definition) is 4. The Kier molecular flexibility index (Phi) is 5.78. The molecule has 27 heavy (non-hydrogen) atoms. The fourth-order valence-corrected chi connectivity index (χ4v) is 2.48. The number of nitrogens with two attached hydrogens (primary N) is 1. The molecule has 8 nitrogen and oxygen atoms in total. The van der Waals surface area contributed by atoms with E-state index >= 15 is 0 Å². The third-order valence-corrected chi connectivity index (χ3v) is 3.80. The Labute approximate surface area is 156 Å². The van der Waals surface area contributed by atoms with Gasteiger partial charge in [0.05, 0.1) is 6.42 Å². The maximum Gasteiger partial charge on any atom is 0.252 e. The summed E-state index contributed by atoms with van der Waals surface area (Å²) >= 11 is 0. The van der Waals surface area contributed by atoms with E-state index in [0.717, 1.165) is 11.3 Å². The maximum atomic E-state index is 12.1. The van der Waals surface area contributed by atoms with Crippen LogP contribution in [-0.4, -0.2) is 29.8 Å². The van der Waals surface area contributed by atoms with E-state index in [0.29, 0.717) is 6.54 Å². The van der Waals surface area contributed by atoms with Gasteiger partial charge in [-0.15, -0.1) is 0 Å². The van der Waals surface area contributed by atoms with Crippen LogP contribution in [0.1, 0.15) is 12.0 Å². The molecule has 0 fully saturated rings. The number of rotatable bonds is 5. The number of aliphatic imine (C=N–C) groups is 2. The van der Waals surface area contributed by atoms with Crippen molar-refractivity contribution in [2.24, 2.45) is 15.7 Å². The van der Waals surface area contributed by atoms with E-state index < -0.39 is 6.04 Å². The highest BCUT2D eigenvalue weighted by Crippen LogP contribution is 2.08. The minimum Gasteiger partial charge on any atom is -0.369 e. The van der Waals surface area contributed by atoms with Gasteiger partial charge in [-0.25, -0.2) is 4.99 Å². The topological polar surface area (TPSA) is 121 Å². The number of nitrogens with zero attached hydrogens (tertiary/aromatic N) is 2. The maximum absolute atomic E-state index is 12.1. The van der Waals surface area contributed by atoms with E-state index in [4.69, 9.17) is 5.73 Å². The molecule has 1 unspecified atom stereocenters. The molecule has 1 aliphatic rings. The highest BCUT2D eigenvalue weighted by atomic mass is 16.2. The van der Waals surface area contributed by atoms with Gasteiger partial charge < -0.3 is 16.4 Å². The van der Waals surface area contributed by atoms with Gasteiger partial charge in [0.15, 0.2) is 0 Å². The highest BCUT2D eigenvalue weighted by molar-refractivity contribution is 6.11. The number of amides is 2. The summed E-state index contributed by atoms with van der Waals surface area (Å²) < 4.78 is 0. The van der Waals surface area contributed by atoms with Crippen molar-refractivity contribution in [2.75, 3.05) is 5.32 Å². The van der Waals surface area contributed by atoms with Crippen molar-refractivity contribution in [1.82, 2.24) is 10.6 Å². The second-order valence-electron chi connectivity index (χ2n) is 5.91. The summed E-state index contributed by atoms with van der Waals surface area (Å²) in [5.74, 6) is -0.462. The van der Waals surface area contributed by atoms with Crippen molar-refractivity contribution < 1.29 is 9.59 Å². The van der Waals surface area contributed by atoms with E-state index in [1.807, 2.05) is 60.7 Å². The number of carbonyl (C=O) groups is 2. The normalized spacial score (nSPS) is 16.4. The first-order valence-electron chi connectivity index (χ1n) is 8.45. The second kappa shape index (κ2) is 8.61. The standard InChI is InChI=1S/C19H20N6O2/c20-18(22-14-9-5-2-6-10-14)25-19-23-15(17(27)24-19)11-16(26)21-12-13-7-3-1-4-8-13/h1-10,15H,11-12H2,(H,21,26)(H4,20,22,23,24,25,27). The minimum absolute atomic E-state index is 0.0519. The number of nitrogens with one attached hydrogen (secondary N) is 3. The second-order valence-corrected chi connectivity index (χ2v) is 5.91. The lowest BCUT2D eigenvalue weighted by atomic mass is 10.2. The summed E-state index contributed by atoms with van der Waals surface area (Å²) in [6.45, 7) is 0.399. The van der Waals surface area contributed by atoms with Crippen molar-refractivity contribution in [3.63, 3.8) is 0 Å². The quantitative estimate of drug-likeness (QED) is 0.467. The molecule has 1 atom stereocenters. The van der Waals surface area contributed by atoms with Gasteiger partial charge in [-0.1, -0.05) is 48.5 Å². The lowest BCUT2D eigenvalue weighted by Crippen LogP contribution is -2.33. The van der Waals surface area contributed by atoms with E-state index in [2.05, 4.69) is 25.9 Å². The average molecular weight is 364 g/mol. The summed E-state index contributed by atoms with van der Waals surface area (Å²) in [6.07, 6.45) is -0.0519. The average Bonchev–Trinajstić information content (AvgIpc) is 3.00. The molecule has 8 heteroatoms. The van der Waals surface area contributed by atoms with Crippen LogP contribution in [0.5, 0.6) is 0 Å². The third-order valence-electron chi connectivity index (χ3n) is 3.80. The van der Waals surface area contributed by atoms with E-state index in [-0.39, 0.29) is 30.2 Å². The monoisotopic (exact) mass is 364 g/mol. The van der Waals surface area contributed by atoms with Gasteiger partial charge in [0.2, 0.25) is 17.8 Å². The highest BCUT2D eigenvalue weighted by Gasteiger charge is 2.28. The zero-order chi connectivity index (χ0) is 19.1. The molecule has 2 aromatic rings. The molecular weight excluding hydrogens is 344 g/mol. The number of para-hydroxylation sites is 1. The van der Waals surface area contributed by atoms with Crippen LogP contribution in [0.25, 0.3) is 0 Å². The molecule has 0 aliphatic carbocycles. The summed E-state index contributed by atoms with van der Waals surface area (Å²) in [5.41, 5.74) is 7.56. The lowest BCUT2D eigenvalue weighted by molar-refractivity contribution is -0.126. The Balaban J connectivity index is 1.54. The van der Waals surface area contributed by atoms with Crippen molar-refractivity contribution >= 4 is 29.4 Å². The van der Waals surface area contributed by atoms with Crippen LogP contribution in [0.4, 0.5) is 5.69 Å². The molecule has 1 aliphatic heterocycles. The molecule has 0 aromatic heterocycles. The molecule has 2 aromatic carbocycles. The van der Waals surface area contributed by atoms with Crippen LogP contribution in [0, 0.1) is 0 Å². The molecule has 0 spiro atoms. The van der Waals surface area contributed by atoms with Gasteiger partial charge in [-0.05, 0) is 17.7 Å². The van der Waals surface area contributed by atoms with Gasteiger partial charge in [0, 0.05) is 12.2 Å². The van der Waals surface area contributed by atoms with Gasteiger partial charge in [0.25, 0.3) is 5.91 Å². The van der Waals surface area contributed by atoms with Crippen LogP contribution in [0.15, 0.2) is 70.6 Å². The van der Waals surface area contributed by atoms with Gasteiger partial charge in [-0.3, -0.25) is 14.9 Å². The summed E-state index contributed by atoms with van der Waals surface area (Å²) in [6, 6.07) is 18.0. The predicted octanol–water partition coefficient (Wildman–Crippen LogP) is 0.974. The summed E-state index contributed by atoms with van der Waals surface area (Å²) in [7, 11) is 0. The molecule has 0 bridgehead atoms. The predicted molar refractivity (Wildman–Crippen MR) is 104 cm³/mol. The van der Waals surface area contributed by atoms with Crippen LogP contribution in [0.2, 0.25) is 0 Å². The molecule has 0 radical (unpaired) electrons. The largest absolute Gasteiger partial charge is 0.369 e. The number of anilines is 1. The molecule has 1 heterocycles. The third kappa shape index (κ3) is 5.40. The van der Waals surface area contributed by atoms with E-state index in [9.17, 15) is 9.59 Å². The van der Waals surface area contributed by atoms with Crippen LogP contribution >= 0.6 is 0 Å². The number of hydrogen-bond donors (Lipinski definition) is 4. The van der Waals surface area contributed by atoms with Gasteiger partial charge >= 0.3 is 0 Å². The van der Waals surface area contributed by atoms with Crippen molar-refractivity contribution in [1.29, 1.82) is 0 Å². The molecule has 0 saturated carbocycles. The zero-order valence-corrected chi connectivity index (χ0v) is 14.6. The minimum atomic E-state index is -0.816. The molecule has 3 rings (SSSR count). The van der Waals surface area contributed by atoms with E-state index in [1.165, 1.54) is 0 Å². The van der Waals surface area contributed by atoms with Crippen molar-refractivity contribution in [2.45, 2.75) is 19.0 Å². The van der Waals surface area contributed by atoms with Crippen LogP contribution in [0.3, 0.4) is 0 Å². The number of carbonyl (C=O) groups excluding carboxylic acids is 2. The molecule has 0 saturated heterocycles. The number of guanidine groups is 2. The zero-order valence-electron chi connectivity index (χ0n) is 14.6. The fraction of sp³-hybridized carbons (Fsp3) is 0.158. The molecule has 2 amide bonds. The smallest absolute Gasteiger partial charge is 0.252 e. The Morgan fingerprint density at radius 2 is 1.78 bits per heavy atom. The first-order chi connectivity index (χ1) is 13.1. The molecule has 5 N–H and O–H groups in total. The lowest BCUT2D eigenvalue weighted by Gasteiger charge is -2.06.